The molecule has 3 aromatic rings. The molecule has 0 bridgehead atoms. The molecular weight excluding hydrogens is 365 g/mol. The molecule has 0 fully saturated rings. The van der Waals surface area contributed by atoms with Crippen molar-refractivity contribution < 1.29 is 13.9 Å². The van der Waals surface area contributed by atoms with Crippen molar-refractivity contribution in [2.45, 2.75) is 0 Å². The lowest BCUT2D eigenvalue weighted by Crippen LogP contribution is -1.94. The summed E-state index contributed by atoms with van der Waals surface area (Å²) in [6.45, 7) is 0. The fourth-order valence-corrected chi connectivity index (χ4v) is 3.19. The van der Waals surface area contributed by atoms with Crippen molar-refractivity contribution >= 4 is 22.6 Å². The number of hydrogen-bond donors (Lipinski definition) is 1. The van der Waals surface area contributed by atoms with Crippen molar-refractivity contribution in [1.29, 1.82) is 5.26 Å². The Hall–Kier alpha value is -3.37. The molecule has 5 nitrogen and oxygen atoms in total. The number of ether oxygens (including phenoxy) is 2. The number of rotatable bonds is 6. The first-order valence-corrected chi connectivity index (χ1v) is 8.84. The van der Waals surface area contributed by atoms with Gasteiger partial charge in [0, 0.05) is 17.1 Å². The SMILES string of the molecule is COc1ccc(-c2csc(/C(C#N)=C/Nc3ccccc3F)n2)cc1OC. The summed E-state index contributed by atoms with van der Waals surface area (Å²) in [6, 6.07) is 13.8. The molecule has 7 heteroatoms. The number of nitrogens with zero attached hydrogens (tertiary/aromatic N) is 2. The number of aromatic nitrogens is 1. The first kappa shape index (κ1) is 18.4. The monoisotopic (exact) mass is 381 g/mol. The maximum Gasteiger partial charge on any atom is 0.161 e. The summed E-state index contributed by atoms with van der Waals surface area (Å²) in [5.74, 6) is 0.835. The molecule has 0 spiro atoms. The highest BCUT2D eigenvalue weighted by atomic mass is 32.1. The fourth-order valence-electron chi connectivity index (χ4n) is 2.40. The van der Waals surface area contributed by atoms with E-state index in [-0.39, 0.29) is 0 Å². The number of methoxy groups -OCH3 is 2. The number of para-hydroxylation sites is 1. The van der Waals surface area contributed by atoms with Crippen LogP contribution in [-0.4, -0.2) is 19.2 Å². The summed E-state index contributed by atoms with van der Waals surface area (Å²) in [7, 11) is 3.14. The third kappa shape index (κ3) is 4.07. The summed E-state index contributed by atoms with van der Waals surface area (Å²) in [6.07, 6.45) is 1.45. The average molecular weight is 381 g/mol. The van der Waals surface area contributed by atoms with Gasteiger partial charge < -0.3 is 14.8 Å². The Kier molecular flexibility index (Phi) is 5.69. The first-order valence-electron chi connectivity index (χ1n) is 7.96. The molecule has 0 aliphatic heterocycles. The van der Waals surface area contributed by atoms with Gasteiger partial charge in [-0.15, -0.1) is 11.3 Å². The molecule has 0 aliphatic carbocycles. The van der Waals surface area contributed by atoms with E-state index < -0.39 is 5.82 Å². The molecule has 0 radical (unpaired) electrons. The number of nitrogens with one attached hydrogen (secondary N) is 1. The predicted octanol–water partition coefficient (Wildman–Crippen LogP) is 4.94. The van der Waals surface area contributed by atoms with Gasteiger partial charge in [-0.05, 0) is 30.3 Å². The third-order valence-electron chi connectivity index (χ3n) is 3.78. The molecule has 27 heavy (non-hydrogen) atoms. The second-order valence-corrected chi connectivity index (χ2v) is 6.26. The van der Waals surface area contributed by atoms with Crippen LogP contribution in [0.15, 0.2) is 54.0 Å². The molecule has 1 N–H and O–H groups in total. The van der Waals surface area contributed by atoms with Crippen LogP contribution in [0.5, 0.6) is 11.5 Å². The number of allylic oxidation sites excluding steroid dienone is 1. The van der Waals surface area contributed by atoms with Crippen molar-refractivity contribution in [2.75, 3.05) is 19.5 Å². The molecule has 136 valence electrons. The zero-order valence-corrected chi connectivity index (χ0v) is 15.5. The van der Waals surface area contributed by atoms with Crippen LogP contribution in [0.25, 0.3) is 16.8 Å². The van der Waals surface area contributed by atoms with Crippen LogP contribution < -0.4 is 14.8 Å². The van der Waals surface area contributed by atoms with E-state index in [4.69, 9.17) is 9.47 Å². The molecule has 0 saturated heterocycles. The summed E-state index contributed by atoms with van der Waals surface area (Å²) < 4.78 is 24.2. The zero-order chi connectivity index (χ0) is 19.2. The van der Waals surface area contributed by atoms with Gasteiger partial charge in [-0.1, -0.05) is 12.1 Å². The highest BCUT2D eigenvalue weighted by Crippen LogP contribution is 2.33. The fraction of sp³-hybridized carbons (Fsp3) is 0.100. The van der Waals surface area contributed by atoms with Crippen molar-refractivity contribution in [3.8, 4) is 28.8 Å². The van der Waals surface area contributed by atoms with Crippen LogP contribution in [0.2, 0.25) is 0 Å². The number of nitriles is 1. The van der Waals surface area contributed by atoms with Crippen LogP contribution >= 0.6 is 11.3 Å². The number of thiazole rings is 1. The van der Waals surface area contributed by atoms with Gasteiger partial charge in [0.05, 0.1) is 25.6 Å². The van der Waals surface area contributed by atoms with E-state index in [2.05, 4.69) is 16.4 Å². The minimum atomic E-state index is -0.392. The van der Waals surface area contributed by atoms with Gasteiger partial charge in [0.1, 0.15) is 22.5 Å². The molecule has 1 heterocycles. The molecule has 3 rings (SSSR count). The molecule has 2 aromatic carbocycles. The number of benzene rings is 2. The van der Waals surface area contributed by atoms with E-state index in [1.54, 1.807) is 38.5 Å². The van der Waals surface area contributed by atoms with Crippen molar-refractivity contribution in [3.63, 3.8) is 0 Å². The Labute approximate surface area is 160 Å². The lowest BCUT2D eigenvalue weighted by atomic mass is 10.1. The number of anilines is 1. The van der Waals surface area contributed by atoms with Gasteiger partial charge in [0.15, 0.2) is 11.5 Å². The largest absolute Gasteiger partial charge is 0.493 e. The van der Waals surface area contributed by atoms with Gasteiger partial charge in [-0.25, -0.2) is 9.37 Å². The number of hydrogen-bond acceptors (Lipinski definition) is 6. The lowest BCUT2D eigenvalue weighted by Gasteiger charge is -2.08. The lowest BCUT2D eigenvalue weighted by molar-refractivity contribution is 0.355. The van der Waals surface area contributed by atoms with Gasteiger partial charge >= 0.3 is 0 Å². The van der Waals surface area contributed by atoms with Crippen LogP contribution in [0.4, 0.5) is 10.1 Å². The molecule has 0 unspecified atom stereocenters. The second-order valence-electron chi connectivity index (χ2n) is 5.40. The average Bonchev–Trinajstić information content (AvgIpc) is 3.19. The third-order valence-corrected chi connectivity index (χ3v) is 4.66. The van der Waals surface area contributed by atoms with Crippen molar-refractivity contribution in [2.24, 2.45) is 0 Å². The summed E-state index contributed by atoms with van der Waals surface area (Å²) in [4.78, 5) is 4.51. The highest BCUT2D eigenvalue weighted by Gasteiger charge is 2.12. The highest BCUT2D eigenvalue weighted by molar-refractivity contribution is 7.11. The Bertz CT molecular complexity index is 1020. The van der Waals surface area contributed by atoms with Crippen molar-refractivity contribution in [1.82, 2.24) is 4.98 Å². The van der Waals surface area contributed by atoms with Gasteiger partial charge in [-0.3, -0.25) is 0 Å². The van der Waals surface area contributed by atoms with Crippen LogP contribution in [0, 0.1) is 17.1 Å². The summed E-state index contributed by atoms with van der Waals surface area (Å²) in [5, 5.41) is 14.6. The molecule has 0 aliphatic rings. The first-order chi connectivity index (χ1) is 13.2. The molecule has 1 aromatic heterocycles. The van der Waals surface area contributed by atoms with E-state index in [1.165, 1.54) is 23.6 Å². The Morgan fingerprint density at radius 1 is 1.19 bits per heavy atom. The molecule has 0 amide bonds. The summed E-state index contributed by atoms with van der Waals surface area (Å²) in [5.41, 5.74) is 2.16. The maximum atomic E-state index is 13.7. The van der Waals surface area contributed by atoms with Crippen molar-refractivity contribution in [3.05, 3.63) is 64.9 Å². The van der Waals surface area contributed by atoms with E-state index in [0.29, 0.717) is 33.5 Å². The van der Waals surface area contributed by atoms with Gasteiger partial charge in [-0.2, -0.15) is 5.26 Å². The Balaban J connectivity index is 1.86. The Morgan fingerprint density at radius 2 is 1.96 bits per heavy atom. The Morgan fingerprint density at radius 3 is 2.67 bits per heavy atom. The van der Waals surface area contributed by atoms with E-state index in [1.807, 2.05) is 17.5 Å². The minimum Gasteiger partial charge on any atom is -0.493 e. The van der Waals surface area contributed by atoms with Crippen LogP contribution in [-0.2, 0) is 0 Å². The van der Waals surface area contributed by atoms with Gasteiger partial charge in [0.25, 0.3) is 0 Å². The standard InChI is InChI=1S/C20H16FN3O2S/c1-25-18-8-7-13(9-19(18)26-2)17-12-27-20(24-17)14(10-22)11-23-16-6-4-3-5-15(16)21/h3-9,11-12,23H,1-2H3/b14-11+. The predicted molar refractivity (Wildman–Crippen MR) is 104 cm³/mol. The molecule has 0 saturated carbocycles. The van der Waals surface area contributed by atoms with E-state index >= 15 is 0 Å². The minimum absolute atomic E-state index is 0.293. The van der Waals surface area contributed by atoms with Crippen LogP contribution in [0.1, 0.15) is 5.01 Å². The summed E-state index contributed by atoms with van der Waals surface area (Å²) >= 11 is 1.33. The maximum absolute atomic E-state index is 13.7. The van der Waals surface area contributed by atoms with E-state index in [9.17, 15) is 9.65 Å². The van der Waals surface area contributed by atoms with Crippen LogP contribution in [0.3, 0.4) is 0 Å². The van der Waals surface area contributed by atoms with Gasteiger partial charge in [0.2, 0.25) is 0 Å². The zero-order valence-electron chi connectivity index (χ0n) is 14.7. The quantitative estimate of drug-likeness (QED) is 0.613. The topological polar surface area (TPSA) is 67.2 Å². The van der Waals surface area contributed by atoms with E-state index in [0.717, 1.165) is 5.56 Å². The molecule has 0 atom stereocenters. The number of halogens is 1. The molecular formula is C20H16FN3O2S. The second kappa shape index (κ2) is 8.34. The normalized spacial score (nSPS) is 11.0. The smallest absolute Gasteiger partial charge is 0.161 e.